The first kappa shape index (κ1) is 15.8. The monoisotopic (exact) mass is 265 g/mol. The molecular formula is C16H27NO2. The Labute approximate surface area is 117 Å². The first-order valence-electron chi connectivity index (χ1n) is 7.32. The van der Waals surface area contributed by atoms with Crippen LogP contribution in [0, 0.1) is 0 Å². The first-order chi connectivity index (χ1) is 9.31. The molecular weight excluding hydrogens is 238 g/mol. The highest BCUT2D eigenvalue weighted by molar-refractivity contribution is 5.42. The van der Waals surface area contributed by atoms with Gasteiger partial charge in [0.25, 0.3) is 0 Å². The molecule has 0 aliphatic rings. The fourth-order valence-corrected chi connectivity index (χ4v) is 1.89. The number of methoxy groups -OCH3 is 1. The summed E-state index contributed by atoms with van der Waals surface area (Å²) in [6.45, 7) is 7.00. The van der Waals surface area contributed by atoms with E-state index in [-0.39, 0.29) is 0 Å². The Hall–Kier alpha value is -1.22. The molecule has 1 N–H and O–H groups in total. The van der Waals surface area contributed by atoms with Gasteiger partial charge in [-0.25, -0.2) is 0 Å². The van der Waals surface area contributed by atoms with Crippen LogP contribution in [0.25, 0.3) is 0 Å². The van der Waals surface area contributed by atoms with Gasteiger partial charge < -0.3 is 14.8 Å². The fraction of sp³-hybridized carbons (Fsp3) is 0.625. The second-order valence-electron chi connectivity index (χ2n) is 4.72. The van der Waals surface area contributed by atoms with Crippen LogP contribution in [0.5, 0.6) is 11.5 Å². The zero-order valence-electron chi connectivity index (χ0n) is 12.5. The minimum Gasteiger partial charge on any atom is -0.493 e. The highest BCUT2D eigenvalue weighted by Crippen LogP contribution is 2.28. The highest BCUT2D eigenvalue weighted by Gasteiger charge is 2.05. The summed E-state index contributed by atoms with van der Waals surface area (Å²) < 4.78 is 11.0. The number of nitrogens with one attached hydrogen (secondary N) is 1. The van der Waals surface area contributed by atoms with Gasteiger partial charge >= 0.3 is 0 Å². The Kier molecular flexibility index (Phi) is 8.07. The molecule has 0 amide bonds. The average molecular weight is 265 g/mol. The van der Waals surface area contributed by atoms with E-state index in [1.165, 1.54) is 24.8 Å². The third kappa shape index (κ3) is 5.97. The van der Waals surface area contributed by atoms with Crippen LogP contribution >= 0.6 is 0 Å². The predicted molar refractivity (Wildman–Crippen MR) is 80.0 cm³/mol. The van der Waals surface area contributed by atoms with Crippen molar-refractivity contribution in [1.82, 2.24) is 5.32 Å². The fourth-order valence-electron chi connectivity index (χ4n) is 1.89. The van der Waals surface area contributed by atoms with Gasteiger partial charge in [0.05, 0.1) is 13.7 Å². The zero-order chi connectivity index (χ0) is 13.9. The first-order valence-corrected chi connectivity index (χ1v) is 7.32. The van der Waals surface area contributed by atoms with Crippen molar-refractivity contribution in [1.29, 1.82) is 0 Å². The van der Waals surface area contributed by atoms with Gasteiger partial charge in [-0.15, -0.1) is 0 Å². The molecule has 3 heteroatoms. The maximum atomic E-state index is 5.64. The molecule has 1 aromatic carbocycles. The molecule has 1 aromatic rings. The van der Waals surface area contributed by atoms with Gasteiger partial charge in [-0.2, -0.15) is 0 Å². The summed E-state index contributed by atoms with van der Waals surface area (Å²) in [5, 5.41) is 3.45. The number of hydrogen-bond acceptors (Lipinski definition) is 3. The molecule has 0 aliphatic carbocycles. The van der Waals surface area contributed by atoms with Crippen molar-refractivity contribution >= 4 is 0 Å². The number of unbranched alkanes of at least 4 members (excludes halogenated alkanes) is 2. The van der Waals surface area contributed by atoms with Crippen molar-refractivity contribution in [2.75, 3.05) is 20.3 Å². The second-order valence-corrected chi connectivity index (χ2v) is 4.72. The summed E-state index contributed by atoms with van der Waals surface area (Å²) in [4.78, 5) is 0. The number of ether oxygens (including phenoxy) is 2. The van der Waals surface area contributed by atoms with Gasteiger partial charge in [-0.05, 0) is 37.1 Å². The van der Waals surface area contributed by atoms with Crippen molar-refractivity contribution in [2.45, 2.75) is 46.1 Å². The molecule has 3 nitrogen and oxygen atoms in total. The largest absolute Gasteiger partial charge is 0.493 e. The molecule has 0 aliphatic heterocycles. The van der Waals surface area contributed by atoms with Crippen LogP contribution in [0.3, 0.4) is 0 Å². The van der Waals surface area contributed by atoms with E-state index in [0.717, 1.165) is 37.6 Å². The summed E-state index contributed by atoms with van der Waals surface area (Å²) in [6.07, 6.45) is 4.80. The molecule has 1 rings (SSSR count). The van der Waals surface area contributed by atoms with E-state index in [9.17, 15) is 0 Å². The van der Waals surface area contributed by atoms with Gasteiger partial charge in [0.2, 0.25) is 0 Å². The SMILES string of the molecule is CCCCCNCc1ccc(OCCC)c(OC)c1. The molecule has 0 fully saturated rings. The number of hydrogen-bond donors (Lipinski definition) is 1. The Morgan fingerprint density at radius 1 is 1.05 bits per heavy atom. The van der Waals surface area contributed by atoms with Gasteiger partial charge in [-0.1, -0.05) is 32.8 Å². The Morgan fingerprint density at radius 3 is 2.58 bits per heavy atom. The maximum Gasteiger partial charge on any atom is 0.161 e. The third-order valence-electron chi connectivity index (χ3n) is 2.98. The van der Waals surface area contributed by atoms with Gasteiger partial charge in [0.1, 0.15) is 0 Å². The van der Waals surface area contributed by atoms with Crippen LogP contribution in [0.4, 0.5) is 0 Å². The van der Waals surface area contributed by atoms with Crippen LogP contribution in [0.15, 0.2) is 18.2 Å². The molecule has 19 heavy (non-hydrogen) atoms. The quantitative estimate of drug-likeness (QED) is 0.653. The standard InChI is InChI=1S/C16H27NO2/c1-4-6-7-10-17-13-14-8-9-15(19-11-5-2)16(12-14)18-3/h8-9,12,17H,4-7,10-11,13H2,1-3H3. The van der Waals surface area contributed by atoms with E-state index < -0.39 is 0 Å². The van der Waals surface area contributed by atoms with Gasteiger partial charge in [0.15, 0.2) is 11.5 Å². The molecule has 0 radical (unpaired) electrons. The second kappa shape index (κ2) is 9.68. The average Bonchev–Trinajstić information content (AvgIpc) is 2.45. The summed E-state index contributed by atoms with van der Waals surface area (Å²) in [5.74, 6) is 1.65. The molecule has 108 valence electrons. The van der Waals surface area contributed by atoms with Crippen LogP contribution in [-0.2, 0) is 6.54 Å². The predicted octanol–water partition coefficient (Wildman–Crippen LogP) is 3.76. The van der Waals surface area contributed by atoms with E-state index >= 15 is 0 Å². The molecule has 0 spiro atoms. The lowest BCUT2D eigenvalue weighted by Crippen LogP contribution is -2.14. The highest BCUT2D eigenvalue weighted by atomic mass is 16.5. The normalized spacial score (nSPS) is 10.5. The van der Waals surface area contributed by atoms with Crippen molar-refractivity contribution < 1.29 is 9.47 Å². The Bertz CT molecular complexity index is 353. The summed E-state index contributed by atoms with van der Waals surface area (Å²) >= 11 is 0. The Morgan fingerprint density at radius 2 is 1.89 bits per heavy atom. The van der Waals surface area contributed by atoms with E-state index in [1.807, 2.05) is 6.07 Å². The summed E-state index contributed by atoms with van der Waals surface area (Å²) in [5.41, 5.74) is 1.23. The Balaban J connectivity index is 2.46. The van der Waals surface area contributed by atoms with Crippen LogP contribution in [-0.4, -0.2) is 20.3 Å². The van der Waals surface area contributed by atoms with E-state index in [0.29, 0.717) is 0 Å². The van der Waals surface area contributed by atoms with Crippen molar-refractivity contribution in [2.24, 2.45) is 0 Å². The minimum atomic E-state index is 0.727. The van der Waals surface area contributed by atoms with E-state index in [1.54, 1.807) is 7.11 Å². The smallest absolute Gasteiger partial charge is 0.161 e. The topological polar surface area (TPSA) is 30.5 Å². The molecule has 0 saturated heterocycles. The summed E-state index contributed by atoms with van der Waals surface area (Å²) in [7, 11) is 1.69. The summed E-state index contributed by atoms with van der Waals surface area (Å²) in [6, 6.07) is 6.15. The van der Waals surface area contributed by atoms with Crippen LogP contribution < -0.4 is 14.8 Å². The molecule has 0 unspecified atom stereocenters. The lowest BCUT2D eigenvalue weighted by molar-refractivity contribution is 0.294. The number of rotatable bonds is 10. The van der Waals surface area contributed by atoms with Crippen molar-refractivity contribution in [3.05, 3.63) is 23.8 Å². The van der Waals surface area contributed by atoms with E-state index in [4.69, 9.17) is 9.47 Å². The minimum absolute atomic E-state index is 0.727. The molecule has 0 heterocycles. The maximum absolute atomic E-state index is 5.64. The van der Waals surface area contributed by atoms with Gasteiger partial charge in [0, 0.05) is 6.54 Å². The molecule has 0 bridgehead atoms. The number of benzene rings is 1. The lowest BCUT2D eigenvalue weighted by atomic mass is 10.2. The van der Waals surface area contributed by atoms with Crippen LogP contribution in [0.2, 0.25) is 0 Å². The van der Waals surface area contributed by atoms with Crippen molar-refractivity contribution in [3.8, 4) is 11.5 Å². The van der Waals surface area contributed by atoms with E-state index in [2.05, 4.69) is 31.3 Å². The molecule has 0 aromatic heterocycles. The zero-order valence-corrected chi connectivity index (χ0v) is 12.5. The van der Waals surface area contributed by atoms with Crippen LogP contribution in [0.1, 0.15) is 45.1 Å². The molecule has 0 saturated carbocycles. The third-order valence-corrected chi connectivity index (χ3v) is 2.98. The molecule has 0 atom stereocenters. The van der Waals surface area contributed by atoms with Gasteiger partial charge in [-0.3, -0.25) is 0 Å². The van der Waals surface area contributed by atoms with Crippen molar-refractivity contribution in [3.63, 3.8) is 0 Å². The lowest BCUT2D eigenvalue weighted by Gasteiger charge is -2.12.